The van der Waals surface area contributed by atoms with E-state index >= 15 is 0 Å². The van der Waals surface area contributed by atoms with Crippen molar-refractivity contribution in [1.82, 2.24) is 4.98 Å². The van der Waals surface area contributed by atoms with Gasteiger partial charge in [0, 0.05) is 17.2 Å². The molecule has 2 aromatic rings. The molecular weight excluding hydrogens is 292 g/mol. The summed E-state index contributed by atoms with van der Waals surface area (Å²) < 4.78 is 6.18. The molecule has 0 radical (unpaired) electrons. The fraction of sp³-hybridized carbons (Fsp3) is 0.214. The van der Waals surface area contributed by atoms with Crippen LogP contribution in [0.5, 0.6) is 5.75 Å². The second-order valence-electron chi connectivity index (χ2n) is 3.92. The van der Waals surface area contributed by atoms with Crippen molar-refractivity contribution >= 4 is 21.6 Å². The van der Waals surface area contributed by atoms with E-state index in [-0.39, 0.29) is 0 Å². The molecule has 0 unspecified atom stereocenters. The molecule has 0 aliphatic heterocycles. The lowest BCUT2D eigenvalue weighted by atomic mass is 10.1. The fourth-order valence-corrected chi connectivity index (χ4v) is 2.05. The van der Waals surface area contributed by atoms with Crippen molar-refractivity contribution in [2.45, 2.75) is 6.42 Å². The molecule has 3 nitrogen and oxygen atoms in total. The number of anilines is 1. The number of rotatable bonds is 5. The van der Waals surface area contributed by atoms with Crippen LogP contribution in [0.3, 0.4) is 0 Å². The number of ether oxygens (including phenoxy) is 1. The SMILES string of the molecule is COc1cccc(CCNc2cncc(Br)c2)c1. The van der Waals surface area contributed by atoms with Crippen LogP contribution in [0.2, 0.25) is 0 Å². The largest absolute Gasteiger partial charge is 0.497 e. The summed E-state index contributed by atoms with van der Waals surface area (Å²) in [6.07, 6.45) is 4.54. The van der Waals surface area contributed by atoms with Gasteiger partial charge in [0.05, 0.1) is 19.0 Å². The van der Waals surface area contributed by atoms with E-state index in [2.05, 4.69) is 38.4 Å². The second kappa shape index (κ2) is 6.40. The van der Waals surface area contributed by atoms with Crippen LogP contribution >= 0.6 is 15.9 Å². The summed E-state index contributed by atoms with van der Waals surface area (Å²) in [4.78, 5) is 4.11. The average molecular weight is 307 g/mol. The third-order valence-corrected chi connectivity index (χ3v) is 3.02. The van der Waals surface area contributed by atoms with Crippen molar-refractivity contribution < 1.29 is 4.74 Å². The zero-order valence-corrected chi connectivity index (χ0v) is 11.8. The van der Waals surface area contributed by atoms with E-state index in [1.54, 1.807) is 13.3 Å². The summed E-state index contributed by atoms with van der Waals surface area (Å²) in [5.41, 5.74) is 2.28. The van der Waals surface area contributed by atoms with Crippen LogP contribution in [0.1, 0.15) is 5.56 Å². The Kier molecular flexibility index (Phi) is 4.59. The lowest BCUT2D eigenvalue weighted by Crippen LogP contribution is -2.05. The molecule has 0 saturated carbocycles. The van der Waals surface area contributed by atoms with Crippen LogP contribution in [0.15, 0.2) is 47.2 Å². The van der Waals surface area contributed by atoms with Gasteiger partial charge in [-0.2, -0.15) is 0 Å². The number of hydrogen-bond acceptors (Lipinski definition) is 3. The van der Waals surface area contributed by atoms with Gasteiger partial charge in [-0.1, -0.05) is 12.1 Å². The Morgan fingerprint density at radius 1 is 1.28 bits per heavy atom. The zero-order chi connectivity index (χ0) is 12.8. The van der Waals surface area contributed by atoms with Crippen molar-refractivity contribution in [2.24, 2.45) is 0 Å². The molecular formula is C14H15BrN2O. The Hall–Kier alpha value is -1.55. The molecule has 0 aliphatic rings. The van der Waals surface area contributed by atoms with Gasteiger partial charge in [-0.05, 0) is 46.1 Å². The van der Waals surface area contributed by atoms with E-state index in [0.717, 1.165) is 28.9 Å². The van der Waals surface area contributed by atoms with Gasteiger partial charge >= 0.3 is 0 Å². The minimum Gasteiger partial charge on any atom is -0.497 e. The maximum atomic E-state index is 5.20. The third kappa shape index (κ3) is 3.74. The molecule has 0 spiro atoms. The van der Waals surface area contributed by atoms with Gasteiger partial charge in [0.1, 0.15) is 5.75 Å². The van der Waals surface area contributed by atoms with Gasteiger partial charge < -0.3 is 10.1 Å². The summed E-state index contributed by atoms with van der Waals surface area (Å²) in [6.45, 7) is 0.866. The molecule has 4 heteroatoms. The van der Waals surface area contributed by atoms with Crippen LogP contribution in [-0.2, 0) is 6.42 Å². The van der Waals surface area contributed by atoms with Crippen LogP contribution in [0.4, 0.5) is 5.69 Å². The first-order chi connectivity index (χ1) is 8.78. The Morgan fingerprint density at radius 3 is 2.94 bits per heavy atom. The Morgan fingerprint density at radius 2 is 2.17 bits per heavy atom. The predicted octanol–water partition coefficient (Wildman–Crippen LogP) is 3.51. The van der Waals surface area contributed by atoms with Crippen molar-refractivity contribution in [3.8, 4) is 5.75 Å². The van der Waals surface area contributed by atoms with Crippen LogP contribution in [0, 0.1) is 0 Å². The molecule has 0 fully saturated rings. The Labute approximate surface area is 115 Å². The highest BCUT2D eigenvalue weighted by Gasteiger charge is 1.97. The summed E-state index contributed by atoms with van der Waals surface area (Å²) >= 11 is 3.40. The van der Waals surface area contributed by atoms with Crippen molar-refractivity contribution in [3.05, 3.63) is 52.8 Å². The maximum Gasteiger partial charge on any atom is 0.119 e. The molecule has 18 heavy (non-hydrogen) atoms. The normalized spacial score (nSPS) is 10.1. The monoisotopic (exact) mass is 306 g/mol. The van der Waals surface area contributed by atoms with Crippen molar-refractivity contribution in [1.29, 1.82) is 0 Å². The number of methoxy groups -OCH3 is 1. The van der Waals surface area contributed by atoms with Gasteiger partial charge in [0.25, 0.3) is 0 Å². The highest BCUT2D eigenvalue weighted by Crippen LogP contribution is 2.15. The summed E-state index contributed by atoms with van der Waals surface area (Å²) in [6, 6.07) is 10.1. The molecule has 0 amide bonds. The fourth-order valence-electron chi connectivity index (χ4n) is 1.69. The molecule has 0 atom stereocenters. The predicted molar refractivity (Wildman–Crippen MR) is 77.1 cm³/mol. The van der Waals surface area contributed by atoms with Gasteiger partial charge in [-0.25, -0.2) is 0 Å². The number of benzene rings is 1. The minimum atomic E-state index is 0.866. The molecule has 1 aromatic heterocycles. The minimum absolute atomic E-state index is 0.866. The Bertz CT molecular complexity index is 517. The maximum absolute atomic E-state index is 5.20. The first kappa shape index (κ1) is 12.9. The number of pyridine rings is 1. The number of aromatic nitrogens is 1. The first-order valence-corrected chi connectivity index (χ1v) is 6.54. The standard InChI is InChI=1S/C14H15BrN2O/c1-18-14-4-2-3-11(7-14)5-6-17-13-8-12(15)9-16-10-13/h2-4,7-10,17H,5-6H2,1H3. The third-order valence-electron chi connectivity index (χ3n) is 2.58. The number of nitrogens with zero attached hydrogens (tertiary/aromatic N) is 1. The summed E-state index contributed by atoms with van der Waals surface area (Å²) in [5.74, 6) is 0.900. The van der Waals surface area contributed by atoms with E-state index in [9.17, 15) is 0 Å². The van der Waals surface area contributed by atoms with Gasteiger partial charge in [-0.15, -0.1) is 0 Å². The molecule has 0 aliphatic carbocycles. The topological polar surface area (TPSA) is 34.1 Å². The lowest BCUT2D eigenvalue weighted by molar-refractivity contribution is 0.414. The van der Waals surface area contributed by atoms with E-state index in [0.29, 0.717) is 0 Å². The number of halogens is 1. The summed E-state index contributed by atoms with van der Waals surface area (Å²) in [7, 11) is 1.69. The van der Waals surface area contributed by atoms with Crippen molar-refractivity contribution in [2.75, 3.05) is 19.0 Å². The Balaban J connectivity index is 1.88. The summed E-state index contributed by atoms with van der Waals surface area (Å²) in [5, 5.41) is 3.34. The average Bonchev–Trinajstić information content (AvgIpc) is 2.39. The van der Waals surface area contributed by atoms with Crippen molar-refractivity contribution in [3.63, 3.8) is 0 Å². The van der Waals surface area contributed by atoms with Crippen LogP contribution in [-0.4, -0.2) is 18.6 Å². The van der Waals surface area contributed by atoms with Gasteiger partial charge in [0.2, 0.25) is 0 Å². The number of hydrogen-bond donors (Lipinski definition) is 1. The molecule has 0 bridgehead atoms. The lowest BCUT2D eigenvalue weighted by Gasteiger charge is -2.07. The molecule has 0 saturated heterocycles. The first-order valence-electron chi connectivity index (χ1n) is 5.75. The smallest absolute Gasteiger partial charge is 0.119 e. The molecule has 94 valence electrons. The molecule has 2 rings (SSSR count). The van der Waals surface area contributed by atoms with Gasteiger partial charge in [0.15, 0.2) is 0 Å². The van der Waals surface area contributed by atoms with E-state index < -0.39 is 0 Å². The highest BCUT2D eigenvalue weighted by atomic mass is 79.9. The quantitative estimate of drug-likeness (QED) is 0.918. The van der Waals surface area contributed by atoms with Crippen LogP contribution in [0.25, 0.3) is 0 Å². The second-order valence-corrected chi connectivity index (χ2v) is 4.84. The van der Waals surface area contributed by atoms with Crippen LogP contribution < -0.4 is 10.1 Å². The molecule has 1 heterocycles. The number of nitrogens with one attached hydrogen (secondary N) is 1. The highest BCUT2D eigenvalue weighted by molar-refractivity contribution is 9.10. The van der Waals surface area contributed by atoms with E-state index in [4.69, 9.17) is 4.74 Å². The zero-order valence-electron chi connectivity index (χ0n) is 10.2. The van der Waals surface area contributed by atoms with E-state index in [1.165, 1.54) is 5.56 Å². The van der Waals surface area contributed by atoms with Gasteiger partial charge in [-0.3, -0.25) is 4.98 Å². The van der Waals surface area contributed by atoms with E-state index in [1.807, 2.05) is 24.4 Å². The molecule has 1 N–H and O–H groups in total. The molecule has 1 aromatic carbocycles.